The van der Waals surface area contributed by atoms with E-state index in [1.54, 1.807) is 6.92 Å². The first kappa shape index (κ1) is 16.0. The zero-order valence-electron chi connectivity index (χ0n) is 13.6. The number of aromatic amines is 1. The largest absolute Gasteiger partial charge is 0.360 e. The molecule has 8 heteroatoms. The van der Waals surface area contributed by atoms with Crippen LogP contribution in [0.15, 0.2) is 20.2 Å². The third-order valence-corrected chi connectivity index (χ3v) is 5.09. The summed E-state index contributed by atoms with van der Waals surface area (Å²) < 4.78 is 36.4. The monoisotopic (exact) mass is 349 g/mol. The Morgan fingerprint density at radius 1 is 1.36 bits per heavy atom. The molecule has 2 atom stereocenters. The molecule has 1 aliphatic carbocycles. The third kappa shape index (κ3) is 2.17. The number of H-pyrrole nitrogens is 1. The molecule has 25 heavy (non-hydrogen) atoms. The number of nitrogens with one attached hydrogen (secondary N) is 1. The summed E-state index contributed by atoms with van der Waals surface area (Å²) in [5.74, 6) is -1.88. The highest BCUT2D eigenvalue weighted by Gasteiger charge is 2.31. The van der Waals surface area contributed by atoms with Gasteiger partial charge in [0.25, 0.3) is 5.56 Å². The second kappa shape index (κ2) is 5.52. The Balaban J connectivity index is 2.15. The number of rotatable bonds is 2. The average Bonchev–Trinajstić information content (AvgIpc) is 3.15. The highest BCUT2D eigenvalue weighted by molar-refractivity contribution is 5.91. The second-order valence-corrected chi connectivity index (χ2v) is 6.54. The van der Waals surface area contributed by atoms with Crippen LogP contribution in [0.4, 0.5) is 8.78 Å². The van der Waals surface area contributed by atoms with E-state index < -0.39 is 22.6 Å². The molecule has 1 saturated carbocycles. The predicted octanol–water partition coefficient (Wildman–Crippen LogP) is 2.33. The molecule has 1 fully saturated rings. The van der Waals surface area contributed by atoms with E-state index in [1.807, 2.05) is 0 Å². The van der Waals surface area contributed by atoms with Crippen molar-refractivity contribution >= 4 is 22.0 Å². The SMILES string of the molecule is CCn1c2o[nH]c(=O)c2c(=O)c2cc(F)c(C3CCC(N)C3)c(F)c21. The smallest absolute Gasteiger partial charge is 0.293 e. The lowest BCUT2D eigenvalue weighted by atomic mass is 9.94. The molecule has 3 aromatic rings. The fourth-order valence-electron chi connectivity index (χ4n) is 3.94. The lowest BCUT2D eigenvalue weighted by Gasteiger charge is -2.17. The van der Waals surface area contributed by atoms with Crippen LogP contribution in [0.3, 0.4) is 0 Å². The minimum atomic E-state index is -0.779. The standard InChI is InChI=1S/C17H17F2N3O3/c1-2-22-14-9(15(23)12-16(24)21-25-17(12)22)6-10(18)11(13(14)19)7-3-4-8(20)5-7/h6-8H,2-5,20H2,1H3,(H,21,24). The maximum Gasteiger partial charge on any atom is 0.293 e. The number of aromatic nitrogens is 2. The average molecular weight is 349 g/mol. The van der Waals surface area contributed by atoms with Crippen molar-refractivity contribution in [3.63, 3.8) is 0 Å². The molecular weight excluding hydrogens is 332 g/mol. The summed E-state index contributed by atoms with van der Waals surface area (Å²) >= 11 is 0. The summed E-state index contributed by atoms with van der Waals surface area (Å²) in [6, 6.07) is 0.941. The fraction of sp³-hybridized carbons (Fsp3) is 0.412. The molecule has 0 aliphatic heterocycles. The Kier molecular flexibility index (Phi) is 3.54. The van der Waals surface area contributed by atoms with Crippen molar-refractivity contribution in [2.24, 2.45) is 5.73 Å². The van der Waals surface area contributed by atoms with E-state index in [1.165, 1.54) is 4.57 Å². The van der Waals surface area contributed by atoms with Gasteiger partial charge in [0.1, 0.15) is 5.82 Å². The molecule has 0 radical (unpaired) electrons. The summed E-state index contributed by atoms with van der Waals surface area (Å²) in [6.45, 7) is 1.98. The van der Waals surface area contributed by atoms with E-state index in [4.69, 9.17) is 10.3 Å². The van der Waals surface area contributed by atoms with Gasteiger partial charge in [-0.15, -0.1) is 0 Å². The second-order valence-electron chi connectivity index (χ2n) is 6.54. The number of hydrogen-bond donors (Lipinski definition) is 2. The summed E-state index contributed by atoms with van der Waals surface area (Å²) in [6.07, 6.45) is 1.80. The highest BCUT2D eigenvalue weighted by Crippen LogP contribution is 2.38. The zero-order valence-corrected chi connectivity index (χ0v) is 13.6. The lowest BCUT2D eigenvalue weighted by molar-refractivity contribution is 0.428. The van der Waals surface area contributed by atoms with Gasteiger partial charge in [-0.3, -0.25) is 9.59 Å². The molecule has 2 heterocycles. The van der Waals surface area contributed by atoms with Gasteiger partial charge in [-0.25, -0.2) is 8.78 Å². The normalized spacial score (nSPS) is 20.8. The molecule has 2 aromatic heterocycles. The van der Waals surface area contributed by atoms with Crippen LogP contribution >= 0.6 is 0 Å². The highest BCUT2D eigenvalue weighted by atomic mass is 19.1. The quantitative estimate of drug-likeness (QED) is 0.742. The molecule has 0 saturated heterocycles. The molecule has 1 aliphatic rings. The van der Waals surface area contributed by atoms with Crippen LogP contribution in [0.1, 0.15) is 37.7 Å². The van der Waals surface area contributed by atoms with Crippen molar-refractivity contribution < 1.29 is 13.3 Å². The van der Waals surface area contributed by atoms with Crippen LogP contribution < -0.4 is 16.7 Å². The Hall–Kier alpha value is -2.48. The third-order valence-electron chi connectivity index (χ3n) is 5.09. The van der Waals surface area contributed by atoms with Gasteiger partial charge in [-0.1, -0.05) is 0 Å². The van der Waals surface area contributed by atoms with Crippen molar-refractivity contribution in [2.75, 3.05) is 0 Å². The maximum absolute atomic E-state index is 15.3. The number of nitrogens with zero attached hydrogens (tertiary/aromatic N) is 1. The maximum atomic E-state index is 15.3. The first-order valence-electron chi connectivity index (χ1n) is 8.25. The molecule has 132 valence electrons. The molecule has 3 N–H and O–H groups in total. The molecule has 0 amide bonds. The summed E-state index contributed by atoms with van der Waals surface area (Å²) in [5.41, 5.74) is 4.31. The van der Waals surface area contributed by atoms with Crippen LogP contribution in [-0.4, -0.2) is 15.8 Å². The van der Waals surface area contributed by atoms with E-state index in [9.17, 15) is 14.0 Å². The van der Waals surface area contributed by atoms with E-state index >= 15 is 4.39 Å². The molecule has 1 aromatic carbocycles. The Bertz CT molecular complexity index is 1110. The Morgan fingerprint density at radius 3 is 2.76 bits per heavy atom. The summed E-state index contributed by atoms with van der Waals surface area (Å²) in [4.78, 5) is 24.4. The van der Waals surface area contributed by atoms with Crippen LogP contribution in [0, 0.1) is 11.6 Å². The summed E-state index contributed by atoms with van der Waals surface area (Å²) in [7, 11) is 0. The van der Waals surface area contributed by atoms with Crippen molar-refractivity contribution in [2.45, 2.75) is 44.7 Å². The molecule has 0 bridgehead atoms. The zero-order chi connectivity index (χ0) is 17.9. The van der Waals surface area contributed by atoms with Gasteiger partial charge in [0.15, 0.2) is 11.2 Å². The number of fused-ring (bicyclic) bond motifs is 2. The van der Waals surface area contributed by atoms with Gasteiger partial charge in [-0.2, -0.15) is 5.16 Å². The van der Waals surface area contributed by atoms with E-state index in [-0.39, 0.29) is 46.1 Å². The van der Waals surface area contributed by atoms with Crippen molar-refractivity contribution in [3.05, 3.63) is 43.8 Å². The Labute approximate surface area is 140 Å². The first-order chi connectivity index (χ1) is 11.9. The number of aryl methyl sites for hydroxylation is 1. The fourth-order valence-corrected chi connectivity index (χ4v) is 3.94. The van der Waals surface area contributed by atoms with Crippen LogP contribution in [-0.2, 0) is 6.54 Å². The number of halogens is 2. The predicted molar refractivity (Wildman–Crippen MR) is 88.8 cm³/mol. The first-order valence-corrected chi connectivity index (χ1v) is 8.25. The number of hydrogen-bond acceptors (Lipinski definition) is 4. The van der Waals surface area contributed by atoms with Crippen LogP contribution in [0.2, 0.25) is 0 Å². The topological polar surface area (TPSA) is 94.0 Å². The molecule has 4 rings (SSSR count). The van der Waals surface area contributed by atoms with Crippen molar-refractivity contribution in [1.29, 1.82) is 0 Å². The van der Waals surface area contributed by atoms with Gasteiger partial charge in [-0.05, 0) is 38.2 Å². The van der Waals surface area contributed by atoms with E-state index in [0.29, 0.717) is 19.3 Å². The van der Waals surface area contributed by atoms with Crippen LogP contribution in [0.25, 0.3) is 22.0 Å². The molecular formula is C17H17F2N3O3. The van der Waals surface area contributed by atoms with Gasteiger partial charge >= 0.3 is 0 Å². The summed E-state index contributed by atoms with van der Waals surface area (Å²) in [5, 5.41) is 1.70. The number of nitrogens with two attached hydrogens (primary N) is 1. The van der Waals surface area contributed by atoms with Crippen molar-refractivity contribution in [3.8, 4) is 0 Å². The van der Waals surface area contributed by atoms with Gasteiger partial charge in [0.05, 0.1) is 10.9 Å². The molecule has 2 unspecified atom stereocenters. The molecule has 6 nitrogen and oxygen atoms in total. The van der Waals surface area contributed by atoms with Gasteiger partial charge < -0.3 is 14.8 Å². The van der Waals surface area contributed by atoms with Gasteiger partial charge in [0, 0.05) is 18.2 Å². The number of pyridine rings is 1. The number of benzene rings is 1. The van der Waals surface area contributed by atoms with Crippen LogP contribution in [0.5, 0.6) is 0 Å². The van der Waals surface area contributed by atoms with E-state index in [2.05, 4.69) is 5.16 Å². The molecule has 0 spiro atoms. The van der Waals surface area contributed by atoms with Gasteiger partial charge in [0.2, 0.25) is 11.1 Å². The Morgan fingerprint density at radius 2 is 2.12 bits per heavy atom. The minimum absolute atomic E-state index is 0.0374. The van der Waals surface area contributed by atoms with Crippen molar-refractivity contribution in [1.82, 2.24) is 9.72 Å². The lowest BCUT2D eigenvalue weighted by Crippen LogP contribution is -2.18. The minimum Gasteiger partial charge on any atom is -0.360 e. The van der Waals surface area contributed by atoms with E-state index in [0.717, 1.165) is 6.07 Å².